The van der Waals surface area contributed by atoms with Crippen LogP contribution in [0.3, 0.4) is 0 Å². The van der Waals surface area contributed by atoms with Crippen molar-refractivity contribution in [2.45, 2.75) is 13.5 Å². The Morgan fingerprint density at radius 3 is 2.58 bits per heavy atom. The Morgan fingerprint density at radius 2 is 2.05 bits per heavy atom. The second kappa shape index (κ2) is 8.50. The zero-order valence-corrected chi connectivity index (χ0v) is 11.7. The molecule has 0 aromatic heterocycles. The molecule has 1 aromatic rings. The van der Waals surface area contributed by atoms with Gasteiger partial charge in [-0.1, -0.05) is 12.1 Å². The molecular weight excluding hydrogens is 242 g/mol. The topological polar surface area (TPSA) is 67.6 Å². The average Bonchev–Trinajstić information content (AvgIpc) is 2.45. The van der Waals surface area contributed by atoms with Gasteiger partial charge in [0, 0.05) is 32.4 Å². The summed E-state index contributed by atoms with van der Waals surface area (Å²) in [7, 11) is 1.61. The molecule has 0 aliphatic carbocycles. The number of methoxy groups -OCH3 is 1. The number of nitrogens with zero attached hydrogens (tertiary/aromatic N) is 1. The van der Waals surface area contributed by atoms with Gasteiger partial charge in [0.05, 0.1) is 13.2 Å². The van der Waals surface area contributed by atoms with E-state index in [0.29, 0.717) is 26.2 Å². The highest BCUT2D eigenvalue weighted by Gasteiger charge is 2.09. The molecule has 1 rings (SSSR count). The zero-order chi connectivity index (χ0) is 14.1. The molecule has 0 radical (unpaired) electrons. The number of benzene rings is 1. The number of ether oxygens (including phenoxy) is 1. The van der Waals surface area contributed by atoms with Gasteiger partial charge in [-0.05, 0) is 24.6 Å². The van der Waals surface area contributed by atoms with Crippen LogP contribution in [0.25, 0.3) is 0 Å². The molecule has 0 unspecified atom stereocenters. The highest BCUT2D eigenvalue weighted by molar-refractivity contribution is 5.81. The van der Waals surface area contributed by atoms with Crippen molar-refractivity contribution in [2.24, 2.45) is 5.73 Å². The molecule has 1 aromatic carbocycles. The maximum absolute atomic E-state index is 11.8. The standard InChI is InChI=1S/C14H23N3O2/c1-3-17(11-14(18)16-8-9-19-2)13-6-4-12(10-15)5-7-13/h4-7H,3,8-11,15H2,1-2H3,(H,16,18). The predicted octanol–water partition coefficient (Wildman–Crippen LogP) is 0.734. The van der Waals surface area contributed by atoms with Gasteiger partial charge in [-0.3, -0.25) is 4.79 Å². The number of nitrogens with one attached hydrogen (secondary N) is 1. The first-order chi connectivity index (χ1) is 9.21. The summed E-state index contributed by atoms with van der Waals surface area (Å²) < 4.78 is 4.89. The minimum Gasteiger partial charge on any atom is -0.383 e. The molecule has 19 heavy (non-hydrogen) atoms. The molecule has 0 saturated carbocycles. The zero-order valence-electron chi connectivity index (χ0n) is 11.7. The molecule has 0 atom stereocenters. The van der Waals surface area contributed by atoms with E-state index in [0.717, 1.165) is 17.8 Å². The van der Waals surface area contributed by atoms with Crippen molar-refractivity contribution >= 4 is 11.6 Å². The second-order valence-corrected chi connectivity index (χ2v) is 4.23. The van der Waals surface area contributed by atoms with Crippen LogP contribution in [0.15, 0.2) is 24.3 Å². The third-order valence-corrected chi connectivity index (χ3v) is 2.88. The first-order valence-corrected chi connectivity index (χ1v) is 6.50. The lowest BCUT2D eigenvalue weighted by atomic mass is 10.2. The van der Waals surface area contributed by atoms with Crippen molar-refractivity contribution in [1.82, 2.24) is 5.32 Å². The van der Waals surface area contributed by atoms with E-state index < -0.39 is 0 Å². The van der Waals surface area contributed by atoms with Crippen molar-refractivity contribution < 1.29 is 9.53 Å². The number of anilines is 1. The highest BCUT2D eigenvalue weighted by Crippen LogP contribution is 2.14. The van der Waals surface area contributed by atoms with Crippen molar-refractivity contribution in [3.8, 4) is 0 Å². The Bertz CT molecular complexity index is 379. The number of carbonyl (C=O) groups is 1. The van der Waals surface area contributed by atoms with Gasteiger partial charge in [-0.25, -0.2) is 0 Å². The van der Waals surface area contributed by atoms with E-state index in [1.807, 2.05) is 36.1 Å². The van der Waals surface area contributed by atoms with Crippen molar-refractivity contribution in [1.29, 1.82) is 0 Å². The SMILES string of the molecule is CCN(CC(=O)NCCOC)c1ccc(CN)cc1. The fraction of sp³-hybridized carbons (Fsp3) is 0.500. The van der Waals surface area contributed by atoms with E-state index in [9.17, 15) is 4.79 Å². The maximum atomic E-state index is 11.8. The lowest BCUT2D eigenvalue weighted by Crippen LogP contribution is -2.38. The molecule has 0 fully saturated rings. The van der Waals surface area contributed by atoms with Crippen LogP contribution in [-0.4, -0.2) is 39.3 Å². The van der Waals surface area contributed by atoms with Gasteiger partial charge in [0.25, 0.3) is 0 Å². The lowest BCUT2D eigenvalue weighted by molar-refractivity contribution is -0.119. The van der Waals surface area contributed by atoms with Gasteiger partial charge < -0.3 is 20.7 Å². The monoisotopic (exact) mass is 265 g/mol. The molecule has 0 bridgehead atoms. The molecule has 0 saturated heterocycles. The number of hydrogen-bond acceptors (Lipinski definition) is 4. The third-order valence-electron chi connectivity index (χ3n) is 2.88. The fourth-order valence-corrected chi connectivity index (χ4v) is 1.75. The van der Waals surface area contributed by atoms with Gasteiger partial charge in [0.1, 0.15) is 0 Å². The second-order valence-electron chi connectivity index (χ2n) is 4.23. The first kappa shape index (κ1) is 15.5. The third kappa shape index (κ3) is 5.28. The molecule has 0 aliphatic heterocycles. The van der Waals surface area contributed by atoms with Gasteiger partial charge in [0.2, 0.25) is 5.91 Å². The quantitative estimate of drug-likeness (QED) is 0.680. The number of nitrogens with two attached hydrogens (primary N) is 1. The summed E-state index contributed by atoms with van der Waals surface area (Å²) in [5.41, 5.74) is 7.68. The Labute approximate surface area is 114 Å². The van der Waals surface area contributed by atoms with Crippen LogP contribution in [-0.2, 0) is 16.1 Å². The predicted molar refractivity (Wildman–Crippen MR) is 77.1 cm³/mol. The minimum atomic E-state index is 0.00167. The van der Waals surface area contributed by atoms with E-state index in [2.05, 4.69) is 5.32 Å². The molecule has 0 heterocycles. The molecule has 1 amide bonds. The van der Waals surface area contributed by atoms with E-state index in [1.54, 1.807) is 7.11 Å². The molecule has 106 valence electrons. The summed E-state index contributed by atoms with van der Waals surface area (Å²) in [5.74, 6) is 0.00167. The van der Waals surface area contributed by atoms with Gasteiger partial charge >= 0.3 is 0 Å². The van der Waals surface area contributed by atoms with E-state index in [4.69, 9.17) is 10.5 Å². The van der Waals surface area contributed by atoms with Crippen LogP contribution < -0.4 is 16.0 Å². The number of rotatable bonds is 8. The van der Waals surface area contributed by atoms with Crippen molar-refractivity contribution in [3.05, 3.63) is 29.8 Å². The largest absolute Gasteiger partial charge is 0.383 e. The van der Waals surface area contributed by atoms with Crippen LogP contribution in [0, 0.1) is 0 Å². The molecule has 0 spiro atoms. The van der Waals surface area contributed by atoms with Crippen LogP contribution in [0.4, 0.5) is 5.69 Å². The van der Waals surface area contributed by atoms with Crippen LogP contribution in [0.2, 0.25) is 0 Å². The number of carbonyl (C=O) groups excluding carboxylic acids is 1. The van der Waals surface area contributed by atoms with Crippen LogP contribution >= 0.6 is 0 Å². The smallest absolute Gasteiger partial charge is 0.239 e. The van der Waals surface area contributed by atoms with Gasteiger partial charge in [-0.15, -0.1) is 0 Å². The van der Waals surface area contributed by atoms with Crippen LogP contribution in [0.1, 0.15) is 12.5 Å². The summed E-state index contributed by atoms with van der Waals surface area (Å²) in [6, 6.07) is 7.96. The van der Waals surface area contributed by atoms with E-state index >= 15 is 0 Å². The molecule has 0 aliphatic rings. The molecular formula is C14H23N3O2. The van der Waals surface area contributed by atoms with E-state index in [-0.39, 0.29) is 5.91 Å². The Hall–Kier alpha value is -1.59. The summed E-state index contributed by atoms with van der Waals surface area (Å²) in [6.45, 7) is 4.76. The van der Waals surface area contributed by atoms with Gasteiger partial charge in [0.15, 0.2) is 0 Å². The summed E-state index contributed by atoms with van der Waals surface area (Å²) in [5, 5.41) is 2.82. The number of likely N-dealkylation sites (N-methyl/N-ethyl adjacent to an activating group) is 1. The Kier molecular flexibility index (Phi) is 6.92. The summed E-state index contributed by atoms with van der Waals surface area (Å²) >= 11 is 0. The Morgan fingerprint density at radius 1 is 1.37 bits per heavy atom. The van der Waals surface area contributed by atoms with Gasteiger partial charge in [-0.2, -0.15) is 0 Å². The van der Waals surface area contributed by atoms with E-state index in [1.165, 1.54) is 0 Å². The number of hydrogen-bond donors (Lipinski definition) is 2. The Balaban J connectivity index is 2.54. The average molecular weight is 265 g/mol. The minimum absolute atomic E-state index is 0.00167. The molecule has 3 N–H and O–H groups in total. The summed E-state index contributed by atoms with van der Waals surface area (Å²) in [4.78, 5) is 13.8. The lowest BCUT2D eigenvalue weighted by Gasteiger charge is -2.22. The van der Waals surface area contributed by atoms with Crippen molar-refractivity contribution in [3.63, 3.8) is 0 Å². The van der Waals surface area contributed by atoms with Crippen molar-refractivity contribution in [2.75, 3.05) is 38.3 Å². The maximum Gasteiger partial charge on any atom is 0.239 e. The highest BCUT2D eigenvalue weighted by atomic mass is 16.5. The normalized spacial score (nSPS) is 10.3. The first-order valence-electron chi connectivity index (χ1n) is 6.50. The molecule has 5 heteroatoms. The summed E-state index contributed by atoms with van der Waals surface area (Å²) in [6.07, 6.45) is 0. The fourth-order valence-electron chi connectivity index (χ4n) is 1.75. The molecule has 5 nitrogen and oxygen atoms in total. The van der Waals surface area contributed by atoms with Crippen LogP contribution in [0.5, 0.6) is 0 Å². The number of amides is 1.